The fraction of sp³-hybridized carbons (Fsp3) is 0.500. The van der Waals surface area contributed by atoms with Gasteiger partial charge in [-0.1, -0.05) is 0 Å². The van der Waals surface area contributed by atoms with E-state index in [1.807, 2.05) is 7.05 Å². The molecular weight excluding hydrogens is 274 g/mol. The number of hydrogen-bond acceptors (Lipinski definition) is 5. The molecule has 0 spiro atoms. The van der Waals surface area contributed by atoms with Gasteiger partial charge in [0.2, 0.25) is 0 Å². The third-order valence-electron chi connectivity index (χ3n) is 3.63. The normalized spacial score (nSPS) is 16.4. The monoisotopic (exact) mass is 293 g/mol. The molecule has 0 aromatic heterocycles. The van der Waals surface area contributed by atoms with Crippen LogP contribution in [0.15, 0.2) is 18.2 Å². The third-order valence-corrected chi connectivity index (χ3v) is 3.63. The number of hydrogen-bond donors (Lipinski definition) is 0. The Labute approximate surface area is 123 Å². The first-order chi connectivity index (χ1) is 10.0. The molecule has 7 nitrogen and oxygen atoms in total. The van der Waals surface area contributed by atoms with E-state index in [1.54, 1.807) is 11.0 Å². The first-order valence-electron chi connectivity index (χ1n) is 6.83. The van der Waals surface area contributed by atoms with Crippen LogP contribution in [0.2, 0.25) is 0 Å². The van der Waals surface area contributed by atoms with Crippen LogP contribution in [0, 0.1) is 10.1 Å². The average molecular weight is 293 g/mol. The SMILES string of the molecule is COc1ccc(C(=O)N2CCCN(C)CC2)cc1[N+](=O)[O-]. The van der Waals surface area contributed by atoms with Gasteiger partial charge in [0, 0.05) is 31.3 Å². The van der Waals surface area contributed by atoms with E-state index in [9.17, 15) is 14.9 Å². The first kappa shape index (κ1) is 15.2. The zero-order valence-corrected chi connectivity index (χ0v) is 12.2. The molecule has 0 bridgehead atoms. The second-order valence-corrected chi connectivity index (χ2v) is 5.09. The van der Waals surface area contributed by atoms with Crippen molar-refractivity contribution in [1.82, 2.24) is 9.80 Å². The van der Waals surface area contributed by atoms with Crippen LogP contribution in [0.3, 0.4) is 0 Å². The van der Waals surface area contributed by atoms with E-state index >= 15 is 0 Å². The molecule has 7 heteroatoms. The Kier molecular flexibility index (Phi) is 4.74. The number of nitrogens with zero attached hydrogens (tertiary/aromatic N) is 3. The molecule has 0 unspecified atom stereocenters. The van der Waals surface area contributed by atoms with Crippen molar-refractivity contribution in [1.29, 1.82) is 0 Å². The number of likely N-dealkylation sites (N-methyl/N-ethyl adjacent to an activating group) is 1. The van der Waals surface area contributed by atoms with Crippen molar-refractivity contribution in [2.24, 2.45) is 0 Å². The maximum atomic E-state index is 12.5. The van der Waals surface area contributed by atoms with Crippen LogP contribution < -0.4 is 4.74 Å². The van der Waals surface area contributed by atoms with E-state index in [1.165, 1.54) is 19.2 Å². The zero-order chi connectivity index (χ0) is 15.4. The minimum absolute atomic E-state index is 0.159. The van der Waals surface area contributed by atoms with Gasteiger partial charge in [0.25, 0.3) is 5.91 Å². The molecule has 114 valence electrons. The van der Waals surface area contributed by atoms with Crippen molar-refractivity contribution in [3.05, 3.63) is 33.9 Å². The number of methoxy groups -OCH3 is 1. The molecule has 1 aliphatic rings. The summed E-state index contributed by atoms with van der Waals surface area (Å²) in [6.45, 7) is 3.06. The summed E-state index contributed by atoms with van der Waals surface area (Å²) in [7, 11) is 3.39. The van der Waals surface area contributed by atoms with Gasteiger partial charge in [0.1, 0.15) is 0 Å². The van der Waals surface area contributed by atoms with E-state index in [0.29, 0.717) is 18.7 Å². The van der Waals surface area contributed by atoms with Crippen molar-refractivity contribution < 1.29 is 14.5 Å². The van der Waals surface area contributed by atoms with Crippen molar-refractivity contribution in [3.8, 4) is 5.75 Å². The predicted octanol–water partition coefficient (Wildman–Crippen LogP) is 1.38. The Hall–Kier alpha value is -2.15. The zero-order valence-electron chi connectivity index (χ0n) is 12.2. The number of nitro benzene ring substituents is 1. The van der Waals surface area contributed by atoms with Crippen molar-refractivity contribution in [3.63, 3.8) is 0 Å². The molecule has 2 rings (SSSR count). The summed E-state index contributed by atoms with van der Waals surface area (Å²) < 4.78 is 4.95. The Balaban J connectivity index is 2.22. The lowest BCUT2D eigenvalue weighted by Crippen LogP contribution is -2.34. The lowest BCUT2D eigenvalue weighted by atomic mass is 10.1. The highest BCUT2D eigenvalue weighted by atomic mass is 16.6. The van der Waals surface area contributed by atoms with Crippen LogP contribution in [0.4, 0.5) is 5.69 Å². The van der Waals surface area contributed by atoms with Crippen LogP contribution in [-0.2, 0) is 0 Å². The molecule has 0 atom stereocenters. The maximum absolute atomic E-state index is 12.5. The van der Waals surface area contributed by atoms with E-state index in [2.05, 4.69) is 4.90 Å². The molecule has 1 fully saturated rings. The Bertz CT molecular complexity index is 547. The molecular formula is C14H19N3O4. The Morgan fingerprint density at radius 1 is 1.29 bits per heavy atom. The second-order valence-electron chi connectivity index (χ2n) is 5.09. The summed E-state index contributed by atoms with van der Waals surface area (Å²) in [4.78, 5) is 26.9. The quantitative estimate of drug-likeness (QED) is 0.621. The van der Waals surface area contributed by atoms with Crippen molar-refractivity contribution >= 4 is 11.6 Å². The fourth-order valence-electron chi connectivity index (χ4n) is 2.40. The highest BCUT2D eigenvalue weighted by Crippen LogP contribution is 2.28. The van der Waals surface area contributed by atoms with Gasteiger partial charge < -0.3 is 14.5 Å². The second kappa shape index (κ2) is 6.53. The molecule has 0 saturated carbocycles. The number of amides is 1. The average Bonchev–Trinajstić information content (AvgIpc) is 2.70. The van der Waals surface area contributed by atoms with E-state index in [0.717, 1.165) is 19.5 Å². The van der Waals surface area contributed by atoms with Gasteiger partial charge in [-0.05, 0) is 32.1 Å². The van der Waals surface area contributed by atoms with Gasteiger partial charge in [-0.15, -0.1) is 0 Å². The van der Waals surface area contributed by atoms with Crippen LogP contribution in [0.5, 0.6) is 5.75 Å². The van der Waals surface area contributed by atoms with E-state index in [4.69, 9.17) is 4.74 Å². The highest BCUT2D eigenvalue weighted by molar-refractivity contribution is 5.95. The molecule has 1 aliphatic heterocycles. The van der Waals surface area contributed by atoms with Crippen molar-refractivity contribution in [2.45, 2.75) is 6.42 Å². The van der Waals surface area contributed by atoms with Crippen LogP contribution in [0.1, 0.15) is 16.8 Å². The molecule has 1 heterocycles. The lowest BCUT2D eigenvalue weighted by Gasteiger charge is -2.20. The van der Waals surface area contributed by atoms with Gasteiger partial charge in [-0.2, -0.15) is 0 Å². The third kappa shape index (κ3) is 3.49. The maximum Gasteiger partial charge on any atom is 0.311 e. The number of nitro groups is 1. The first-order valence-corrected chi connectivity index (χ1v) is 6.83. The number of carbonyl (C=O) groups is 1. The topological polar surface area (TPSA) is 75.9 Å². The van der Waals surface area contributed by atoms with Crippen LogP contribution in [0.25, 0.3) is 0 Å². The molecule has 1 aromatic rings. The van der Waals surface area contributed by atoms with Crippen LogP contribution >= 0.6 is 0 Å². The molecule has 1 aromatic carbocycles. The summed E-state index contributed by atoms with van der Waals surface area (Å²) in [5, 5.41) is 11.0. The molecule has 1 amide bonds. The fourth-order valence-corrected chi connectivity index (χ4v) is 2.40. The van der Waals surface area contributed by atoms with Gasteiger partial charge in [0.15, 0.2) is 5.75 Å². The van der Waals surface area contributed by atoms with Gasteiger partial charge in [-0.25, -0.2) is 0 Å². The standard InChI is InChI=1S/C14H19N3O4/c1-15-6-3-7-16(9-8-15)14(18)11-4-5-13(21-2)12(10-11)17(19)20/h4-5,10H,3,6-9H2,1-2H3. The molecule has 0 aliphatic carbocycles. The minimum Gasteiger partial charge on any atom is -0.490 e. The summed E-state index contributed by atoms with van der Waals surface area (Å²) >= 11 is 0. The van der Waals surface area contributed by atoms with Gasteiger partial charge in [0.05, 0.1) is 12.0 Å². The molecule has 0 radical (unpaired) electrons. The van der Waals surface area contributed by atoms with Crippen LogP contribution in [-0.4, -0.2) is 61.0 Å². The van der Waals surface area contributed by atoms with Gasteiger partial charge >= 0.3 is 5.69 Å². The Morgan fingerprint density at radius 3 is 2.71 bits per heavy atom. The van der Waals surface area contributed by atoms with Crippen molar-refractivity contribution in [2.75, 3.05) is 40.3 Å². The smallest absolute Gasteiger partial charge is 0.311 e. The summed E-state index contributed by atoms with van der Waals surface area (Å²) in [6, 6.07) is 4.33. The van der Waals surface area contributed by atoms with E-state index in [-0.39, 0.29) is 17.3 Å². The number of rotatable bonds is 3. The summed E-state index contributed by atoms with van der Waals surface area (Å²) in [5.41, 5.74) is 0.141. The largest absolute Gasteiger partial charge is 0.490 e. The van der Waals surface area contributed by atoms with Gasteiger partial charge in [-0.3, -0.25) is 14.9 Å². The lowest BCUT2D eigenvalue weighted by molar-refractivity contribution is -0.385. The number of ether oxygens (including phenoxy) is 1. The minimum atomic E-state index is -0.536. The van der Waals surface area contributed by atoms with E-state index < -0.39 is 4.92 Å². The number of carbonyl (C=O) groups excluding carboxylic acids is 1. The highest BCUT2D eigenvalue weighted by Gasteiger charge is 2.23. The summed E-state index contributed by atoms with van der Waals surface area (Å²) in [5.74, 6) is -0.0109. The molecule has 1 saturated heterocycles. The molecule has 0 N–H and O–H groups in total. The number of benzene rings is 1. The molecule has 21 heavy (non-hydrogen) atoms. The predicted molar refractivity (Wildman–Crippen MR) is 77.7 cm³/mol. The summed E-state index contributed by atoms with van der Waals surface area (Å²) in [6.07, 6.45) is 0.903. The Morgan fingerprint density at radius 2 is 2.05 bits per heavy atom.